The van der Waals surface area contributed by atoms with E-state index in [4.69, 9.17) is 4.52 Å². The second-order valence-electron chi connectivity index (χ2n) is 6.70. The van der Waals surface area contributed by atoms with Crippen LogP contribution in [0.3, 0.4) is 0 Å². The lowest BCUT2D eigenvalue weighted by molar-refractivity contribution is 0.374. The molecule has 0 aromatic carbocycles. The summed E-state index contributed by atoms with van der Waals surface area (Å²) in [6, 6.07) is 1.67. The van der Waals surface area contributed by atoms with Crippen LogP contribution in [0.25, 0.3) is 0 Å². The molecule has 2 aliphatic rings. The topological polar surface area (TPSA) is 117 Å². The molecular weight excluding hydrogens is 358 g/mol. The van der Waals surface area contributed by atoms with E-state index in [1.807, 2.05) is 18.0 Å². The van der Waals surface area contributed by atoms with Crippen LogP contribution in [-0.2, 0) is 16.4 Å². The first kappa shape index (κ1) is 17.2. The number of nitrogens with one attached hydrogen (secondary N) is 1. The summed E-state index contributed by atoms with van der Waals surface area (Å²) in [4.78, 5) is 17.0. The Morgan fingerprint density at radius 1 is 1.38 bits per heavy atom. The van der Waals surface area contributed by atoms with Gasteiger partial charge >= 0.3 is 0 Å². The molecule has 4 heterocycles. The predicted molar refractivity (Wildman–Crippen MR) is 94.8 cm³/mol. The molecule has 0 aliphatic carbocycles. The van der Waals surface area contributed by atoms with Gasteiger partial charge in [-0.3, -0.25) is 0 Å². The van der Waals surface area contributed by atoms with Gasteiger partial charge in [-0.15, -0.1) is 0 Å². The van der Waals surface area contributed by atoms with Crippen LogP contribution in [0.15, 0.2) is 16.8 Å². The minimum Gasteiger partial charge on any atom is -0.350 e. The van der Waals surface area contributed by atoms with Gasteiger partial charge in [0, 0.05) is 32.4 Å². The first-order chi connectivity index (χ1) is 12.4. The minimum atomic E-state index is -3.02. The average molecular weight is 379 g/mol. The normalized spacial score (nSPS) is 24.5. The lowest BCUT2D eigenvalue weighted by Gasteiger charge is -2.38. The minimum absolute atomic E-state index is 0.0498. The second kappa shape index (κ2) is 6.47. The molecule has 0 spiro atoms. The van der Waals surface area contributed by atoms with Crippen molar-refractivity contribution in [1.82, 2.24) is 25.4 Å². The number of nitrogens with zero attached hydrogens (tertiary/aromatic N) is 6. The third kappa shape index (κ3) is 3.36. The van der Waals surface area contributed by atoms with Gasteiger partial charge in [0.1, 0.15) is 5.82 Å². The predicted octanol–water partition coefficient (Wildman–Crippen LogP) is -0.620. The van der Waals surface area contributed by atoms with E-state index < -0.39 is 9.84 Å². The van der Waals surface area contributed by atoms with Gasteiger partial charge in [0.2, 0.25) is 11.8 Å². The summed E-state index contributed by atoms with van der Waals surface area (Å²) in [6.07, 6.45) is 1.69. The van der Waals surface area contributed by atoms with Crippen molar-refractivity contribution in [2.75, 3.05) is 41.4 Å². The third-order valence-corrected chi connectivity index (χ3v) is 6.40. The van der Waals surface area contributed by atoms with Gasteiger partial charge in [-0.05, 0) is 13.0 Å². The highest BCUT2D eigenvalue weighted by molar-refractivity contribution is 7.91. The molecule has 1 N–H and O–H groups in total. The van der Waals surface area contributed by atoms with Crippen LogP contribution in [0.5, 0.6) is 0 Å². The molecule has 0 unspecified atom stereocenters. The smallest absolute Gasteiger partial charge is 0.246 e. The fraction of sp³-hybridized carbons (Fsp3) is 0.600. The maximum atomic E-state index is 12.0. The Bertz CT molecular complexity index is 900. The quantitative estimate of drug-likeness (QED) is 0.736. The van der Waals surface area contributed by atoms with E-state index in [9.17, 15) is 8.42 Å². The summed E-state index contributed by atoms with van der Waals surface area (Å²) < 4.78 is 29.2. The van der Waals surface area contributed by atoms with E-state index in [1.165, 1.54) is 0 Å². The van der Waals surface area contributed by atoms with Gasteiger partial charge in [-0.2, -0.15) is 9.97 Å². The van der Waals surface area contributed by atoms with E-state index in [0.717, 1.165) is 12.4 Å². The number of hydrogen-bond acceptors (Lipinski definition) is 10. The Morgan fingerprint density at radius 3 is 3.00 bits per heavy atom. The highest BCUT2D eigenvalue weighted by Gasteiger charge is 2.43. The van der Waals surface area contributed by atoms with Crippen LogP contribution < -0.4 is 15.1 Å². The number of rotatable bonds is 4. The summed E-state index contributed by atoms with van der Waals surface area (Å²) in [5, 5.41) is 7.09. The zero-order valence-corrected chi connectivity index (χ0v) is 15.5. The number of aromatic nitrogens is 4. The number of sulfone groups is 1. The summed E-state index contributed by atoms with van der Waals surface area (Å²) in [5.41, 5.74) is 0. The van der Waals surface area contributed by atoms with E-state index in [1.54, 1.807) is 13.1 Å². The Balaban J connectivity index is 1.55. The average Bonchev–Trinajstić information content (AvgIpc) is 3.15. The monoisotopic (exact) mass is 379 g/mol. The van der Waals surface area contributed by atoms with Crippen LogP contribution in [0, 0.1) is 6.92 Å². The lowest BCUT2D eigenvalue weighted by atomic mass is 10.1. The molecule has 0 bridgehead atoms. The van der Waals surface area contributed by atoms with Crippen LogP contribution in [0.1, 0.15) is 11.7 Å². The summed E-state index contributed by atoms with van der Waals surface area (Å²) in [7, 11) is -1.17. The third-order valence-electron chi connectivity index (χ3n) is 4.69. The number of aryl methyl sites for hydroxylation is 1. The van der Waals surface area contributed by atoms with Crippen molar-refractivity contribution in [1.29, 1.82) is 0 Å². The molecule has 2 aromatic rings. The fourth-order valence-electron chi connectivity index (χ4n) is 3.51. The van der Waals surface area contributed by atoms with Gasteiger partial charge in [-0.25, -0.2) is 13.4 Å². The van der Waals surface area contributed by atoms with Crippen LogP contribution in [0.4, 0.5) is 11.8 Å². The van der Waals surface area contributed by atoms with Crippen molar-refractivity contribution < 1.29 is 12.9 Å². The number of fused-ring (bicyclic) bond motifs is 1. The molecule has 11 heteroatoms. The summed E-state index contributed by atoms with van der Waals surface area (Å²) in [5.74, 6) is 2.66. The fourth-order valence-corrected chi connectivity index (χ4v) is 5.47. The van der Waals surface area contributed by atoms with Gasteiger partial charge in [-0.1, -0.05) is 5.16 Å². The van der Waals surface area contributed by atoms with E-state index in [-0.39, 0.29) is 23.6 Å². The standard InChI is InChI=1S/C15H21N7O3S/c1-10-18-14(25-20-10)7-21(2)15-17-4-3-13(19-15)22-6-5-16-11-8-26(23,24)9-12(11)22/h3-4,11-12,16H,5-9H2,1-2H3/t11-,12+/m1/s1. The summed E-state index contributed by atoms with van der Waals surface area (Å²) >= 11 is 0. The van der Waals surface area contributed by atoms with Crippen LogP contribution in [-0.4, -0.2) is 72.3 Å². The zero-order valence-electron chi connectivity index (χ0n) is 14.7. The highest BCUT2D eigenvalue weighted by Crippen LogP contribution is 2.26. The zero-order chi connectivity index (χ0) is 18.3. The SMILES string of the molecule is Cc1noc(CN(C)c2nccc(N3CCN[C@@H]4CS(=O)(=O)C[C@@H]43)n2)n1. The van der Waals surface area contributed by atoms with Crippen molar-refractivity contribution in [3.8, 4) is 0 Å². The molecule has 2 atom stereocenters. The molecule has 2 saturated heterocycles. The maximum absolute atomic E-state index is 12.0. The molecule has 2 fully saturated rings. The molecule has 140 valence electrons. The van der Waals surface area contributed by atoms with Crippen molar-refractivity contribution in [3.05, 3.63) is 24.0 Å². The van der Waals surface area contributed by atoms with Crippen LogP contribution >= 0.6 is 0 Å². The molecule has 0 radical (unpaired) electrons. The second-order valence-corrected chi connectivity index (χ2v) is 8.86. The van der Waals surface area contributed by atoms with Gasteiger partial charge < -0.3 is 19.6 Å². The van der Waals surface area contributed by atoms with Gasteiger partial charge in [0.05, 0.1) is 24.1 Å². The molecule has 10 nitrogen and oxygen atoms in total. The molecule has 0 amide bonds. The molecule has 2 aliphatic heterocycles. The Morgan fingerprint density at radius 2 is 2.23 bits per heavy atom. The van der Waals surface area contributed by atoms with Gasteiger partial charge in [0.25, 0.3) is 0 Å². The highest BCUT2D eigenvalue weighted by atomic mass is 32.2. The number of hydrogen-bond donors (Lipinski definition) is 1. The first-order valence-electron chi connectivity index (χ1n) is 8.45. The molecular formula is C15H21N7O3S. The molecule has 26 heavy (non-hydrogen) atoms. The van der Waals surface area contributed by atoms with Crippen molar-refractivity contribution in [3.63, 3.8) is 0 Å². The van der Waals surface area contributed by atoms with Crippen LogP contribution in [0.2, 0.25) is 0 Å². The first-order valence-corrected chi connectivity index (χ1v) is 10.3. The Hall–Kier alpha value is -2.27. The largest absolute Gasteiger partial charge is 0.350 e. The number of piperazine rings is 1. The van der Waals surface area contributed by atoms with Crippen molar-refractivity contribution >= 4 is 21.6 Å². The van der Waals surface area contributed by atoms with E-state index >= 15 is 0 Å². The lowest BCUT2D eigenvalue weighted by Crippen LogP contribution is -2.57. The van der Waals surface area contributed by atoms with E-state index in [2.05, 4.69) is 30.3 Å². The maximum Gasteiger partial charge on any atom is 0.246 e. The van der Waals surface area contributed by atoms with Crippen molar-refractivity contribution in [2.45, 2.75) is 25.6 Å². The Labute approximate surface area is 151 Å². The van der Waals surface area contributed by atoms with Crippen molar-refractivity contribution in [2.24, 2.45) is 0 Å². The number of anilines is 2. The Kier molecular flexibility index (Phi) is 4.27. The summed E-state index contributed by atoms with van der Waals surface area (Å²) in [6.45, 7) is 3.60. The molecule has 0 saturated carbocycles. The molecule has 4 rings (SSSR count). The molecule has 2 aromatic heterocycles. The van der Waals surface area contributed by atoms with Gasteiger partial charge in [0.15, 0.2) is 15.7 Å². The van der Waals surface area contributed by atoms with E-state index in [0.29, 0.717) is 30.8 Å².